The number of rotatable bonds is 11. The standard InChI is InChI=1S/C35H27F2N5O7/c1-3-48-28-13-15-41(23-8-5-21(36)6-9-23)35(44)24(28)18-32(43)40-22-7-11-29(26(37)17-22)49-31-12-14-38-34-33(31)25(19-39-34)20-4-10-30(47-2)27(16-20)42(45)46/h4-17,19H,3,18H2,1-2H3,(H,38,39)(H,40,43). The van der Waals surface area contributed by atoms with Crippen LogP contribution in [0.3, 0.4) is 0 Å². The molecule has 0 radical (unpaired) electrons. The Morgan fingerprint density at radius 3 is 2.49 bits per heavy atom. The average Bonchev–Trinajstić information content (AvgIpc) is 3.53. The number of nitro groups is 1. The van der Waals surface area contributed by atoms with Crippen LogP contribution in [-0.2, 0) is 11.2 Å². The molecule has 0 aliphatic carbocycles. The number of benzene rings is 3. The molecule has 1 amide bonds. The number of methoxy groups -OCH3 is 1. The Kier molecular flexibility index (Phi) is 9.02. The highest BCUT2D eigenvalue weighted by Crippen LogP contribution is 2.40. The van der Waals surface area contributed by atoms with Crippen molar-refractivity contribution < 1.29 is 32.7 Å². The summed E-state index contributed by atoms with van der Waals surface area (Å²) in [5.41, 5.74) is 1.22. The Hall–Kier alpha value is -6.57. The van der Waals surface area contributed by atoms with E-state index in [1.54, 1.807) is 25.3 Å². The van der Waals surface area contributed by atoms with Gasteiger partial charge in [-0.25, -0.2) is 13.8 Å². The van der Waals surface area contributed by atoms with Crippen molar-refractivity contribution in [2.45, 2.75) is 13.3 Å². The molecular formula is C35H27F2N5O7. The molecule has 0 spiro atoms. The SMILES string of the molecule is CCOc1ccn(-c2ccc(F)cc2)c(=O)c1CC(=O)Nc1ccc(Oc2ccnc3[nH]cc(-c4ccc(OC)c([N+](=O)[O-])c4)c23)c(F)c1. The van der Waals surface area contributed by atoms with Crippen LogP contribution in [0, 0.1) is 21.7 Å². The number of fused-ring (bicyclic) bond motifs is 1. The van der Waals surface area contributed by atoms with Gasteiger partial charge in [-0.15, -0.1) is 0 Å². The number of hydrogen-bond donors (Lipinski definition) is 2. The molecule has 3 aromatic heterocycles. The van der Waals surface area contributed by atoms with Gasteiger partial charge >= 0.3 is 5.69 Å². The number of carbonyl (C=O) groups excluding carboxylic acids is 1. The molecule has 248 valence electrons. The zero-order valence-electron chi connectivity index (χ0n) is 26.0. The molecule has 0 aliphatic heterocycles. The van der Waals surface area contributed by atoms with Gasteiger partial charge in [0.05, 0.1) is 36.0 Å². The number of ether oxygens (including phenoxy) is 3. The second-order valence-electron chi connectivity index (χ2n) is 10.6. The second kappa shape index (κ2) is 13.7. The number of halogens is 2. The topological polar surface area (TPSA) is 151 Å². The number of nitrogens with one attached hydrogen (secondary N) is 2. The molecule has 0 bridgehead atoms. The Bertz CT molecular complexity index is 2270. The minimum atomic E-state index is -0.798. The number of pyridine rings is 2. The van der Waals surface area contributed by atoms with Crippen LogP contribution in [0.5, 0.6) is 23.0 Å². The smallest absolute Gasteiger partial charge is 0.311 e. The summed E-state index contributed by atoms with van der Waals surface area (Å²) in [5.74, 6) is -1.50. The van der Waals surface area contributed by atoms with E-state index in [0.29, 0.717) is 27.8 Å². The molecule has 0 atom stereocenters. The maximum Gasteiger partial charge on any atom is 0.311 e. The van der Waals surface area contributed by atoms with Crippen molar-refractivity contribution in [2.24, 2.45) is 0 Å². The summed E-state index contributed by atoms with van der Waals surface area (Å²) >= 11 is 0. The molecule has 49 heavy (non-hydrogen) atoms. The molecule has 3 heterocycles. The first-order chi connectivity index (χ1) is 23.7. The number of amides is 1. The van der Waals surface area contributed by atoms with Gasteiger partial charge in [-0.05, 0) is 67.1 Å². The number of H-pyrrole nitrogens is 1. The van der Waals surface area contributed by atoms with E-state index in [4.69, 9.17) is 14.2 Å². The zero-order chi connectivity index (χ0) is 34.7. The first kappa shape index (κ1) is 32.4. The minimum absolute atomic E-state index is 0.0674. The van der Waals surface area contributed by atoms with Gasteiger partial charge in [-0.3, -0.25) is 24.3 Å². The van der Waals surface area contributed by atoms with Crippen molar-refractivity contribution in [3.8, 4) is 39.8 Å². The Morgan fingerprint density at radius 1 is 1.00 bits per heavy atom. The molecule has 6 aromatic rings. The Morgan fingerprint density at radius 2 is 1.78 bits per heavy atom. The first-order valence-corrected chi connectivity index (χ1v) is 14.9. The number of carbonyl (C=O) groups is 1. The molecule has 0 unspecified atom stereocenters. The van der Waals surface area contributed by atoms with Gasteiger partial charge in [0, 0.05) is 47.7 Å². The minimum Gasteiger partial charge on any atom is -0.493 e. The van der Waals surface area contributed by atoms with Crippen LogP contribution in [-0.4, -0.2) is 39.1 Å². The van der Waals surface area contributed by atoms with Gasteiger partial charge in [-0.1, -0.05) is 6.07 Å². The number of aromatic amines is 1. The van der Waals surface area contributed by atoms with Gasteiger partial charge < -0.3 is 24.5 Å². The van der Waals surface area contributed by atoms with Crippen molar-refractivity contribution in [2.75, 3.05) is 19.0 Å². The summed E-state index contributed by atoms with van der Waals surface area (Å²) in [4.78, 5) is 44.8. The summed E-state index contributed by atoms with van der Waals surface area (Å²) in [5, 5.41) is 14.7. The number of anilines is 1. The quantitative estimate of drug-likeness (QED) is 0.111. The van der Waals surface area contributed by atoms with E-state index in [1.165, 1.54) is 78.7 Å². The highest BCUT2D eigenvalue weighted by atomic mass is 19.1. The van der Waals surface area contributed by atoms with Crippen LogP contribution < -0.4 is 25.1 Å². The van der Waals surface area contributed by atoms with Crippen molar-refractivity contribution >= 4 is 28.3 Å². The van der Waals surface area contributed by atoms with Gasteiger partial charge in [0.1, 0.15) is 23.0 Å². The third-order valence-electron chi connectivity index (χ3n) is 7.55. The third-order valence-corrected chi connectivity index (χ3v) is 7.55. The molecule has 0 saturated carbocycles. The number of hydrogen-bond acceptors (Lipinski definition) is 8. The van der Waals surface area contributed by atoms with Gasteiger partial charge in [0.2, 0.25) is 5.91 Å². The zero-order valence-corrected chi connectivity index (χ0v) is 26.0. The predicted octanol–water partition coefficient (Wildman–Crippen LogP) is 6.95. The van der Waals surface area contributed by atoms with Gasteiger partial charge in [-0.2, -0.15) is 0 Å². The molecule has 0 fully saturated rings. The normalized spacial score (nSPS) is 10.9. The monoisotopic (exact) mass is 667 g/mol. The van der Waals surface area contributed by atoms with E-state index in [9.17, 15) is 24.1 Å². The molecule has 14 heteroatoms. The molecule has 12 nitrogen and oxygen atoms in total. The van der Waals surface area contributed by atoms with Gasteiger partial charge in [0.25, 0.3) is 5.56 Å². The summed E-state index contributed by atoms with van der Waals surface area (Å²) < 4.78 is 46.8. The fourth-order valence-corrected chi connectivity index (χ4v) is 5.30. The second-order valence-corrected chi connectivity index (χ2v) is 10.6. The summed E-state index contributed by atoms with van der Waals surface area (Å²) in [6.45, 7) is 1.98. The molecule has 0 aliphatic rings. The summed E-state index contributed by atoms with van der Waals surface area (Å²) in [7, 11) is 1.34. The van der Waals surface area contributed by atoms with E-state index in [0.717, 1.165) is 6.07 Å². The highest BCUT2D eigenvalue weighted by molar-refractivity contribution is 5.98. The lowest BCUT2D eigenvalue weighted by atomic mass is 10.0. The van der Waals surface area contributed by atoms with Gasteiger partial charge in [0.15, 0.2) is 17.3 Å². The fraction of sp³-hybridized carbons (Fsp3) is 0.114. The van der Waals surface area contributed by atoms with Crippen molar-refractivity contribution in [3.63, 3.8) is 0 Å². The average molecular weight is 668 g/mol. The van der Waals surface area contributed by atoms with Crippen LogP contribution >= 0.6 is 0 Å². The number of aromatic nitrogens is 3. The van der Waals surface area contributed by atoms with Crippen LogP contribution in [0.1, 0.15) is 12.5 Å². The predicted molar refractivity (Wildman–Crippen MR) is 177 cm³/mol. The van der Waals surface area contributed by atoms with E-state index in [2.05, 4.69) is 15.3 Å². The Balaban J connectivity index is 1.24. The van der Waals surface area contributed by atoms with E-state index < -0.39 is 28.0 Å². The summed E-state index contributed by atoms with van der Waals surface area (Å²) in [6.07, 6.45) is 4.17. The molecule has 6 rings (SSSR count). The maximum absolute atomic E-state index is 15.4. The highest BCUT2D eigenvalue weighted by Gasteiger charge is 2.21. The lowest BCUT2D eigenvalue weighted by molar-refractivity contribution is -0.385. The maximum atomic E-state index is 15.4. The lowest BCUT2D eigenvalue weighted by Gasteiger charge is -2.14. The van der Waals surface area contributed by atoms with E-state index in [-0.39, 0.29) is 53.0 Å². The fourth-order valence-electron chi connectivity index (χ4n) is 5.30. The molecular weight excluding hydrogens is 640 g/mol. The van der Waals surface area contributed by atoms with Crippen LogP contribution in [0.4, 0.5) is 20.2 Å². The van der Waals surface area contributed by atoms with Crippen molar-refractivity contribution in [1.29, 1.82) is 0 Å². The molecule has 3 aromatic carbocycles. The van der Waals surface area contributed by atoms with Crippen LogP contribution in [0.15, 0.2) is 96.2 Å². The third kappa shape index (κ3) is 6.65. The summed E-state index contributed by atoms with van der Waals surface area (Å²) in [6, 6.07) is 16.7. The Labute approximate surface area is 276 Å². The van der Waals surface area contributed by atoms with Crippen LogP contribution in [0.2, 0.25) is 0 Å². The van der Waals surface area contributed by atoms with Crippen molar-refractivity contribution in [1.82, 2.24) is 14.5 Å². The van der Waals surface area contributed by atoms with Crippen molar-refractivity contribution in [3.05, 3.63) is 129 Å². The largest absolute Gasteiger partial charge is 0.493 e. The number of nitro benzene ring substituents is 1. The van der Waals surface area contributed by atoms with E-state index >= 15 is 4.39 Å². The van der Waals surface area contributed by atoms with E-state index in [1.807, 2.05) is 0 Å². The lowest BCUT2D eigenvalue weighted by Crippen LogP contribution is -2.26. The first-order valence-electron chi connectivity index (χ1n) is 14.9. The van der Waals surface area contributed by atoms with Crippen LogP contribution in [0.25, 0.3) is 27.8 Å². The number of nitrogens with zero attached hydrogens (tertiary/aromatic N) is 3. The molecule has 0 saturated heterocycles. The molecule has 2 N–H and O–H groups in total.